The molecule has 1 aromatic carbocycles. The van der Waals surface area contributed by atoms with Gasteiger partial charge in [0.05, 0.1) is 0 Å². The average molecular weight is 235 g/mol. The first-order chi connectivity index (χ1) is 7.99. The quantitative estimate of drug-likeness (QED) is 0.836. The van der Waals surface area contributed by atoms with Crippen LogP contribution in [0.5, 0.6) is 5.75 Å². The van der Waals surface area contributed by atoms with E-state index >= 15 is 0 Å². The molecule has 2 unspecified atom stereocenters. The van der Waals surface area contributed by atoms with Gasteiger partial charge in [-0.1, -0.05) is 12.1 Å². The van der Waals surface area contributed by atoms with Gasteiger partial charge < -0.3 is 15.6 Å². The van der Waals surface area contributed by atoms with Crippen LogP contribution in [-0.4, -0.2) is 22.7 Å². The van der Waals surface area contributed by atoms with Gasteiger partial charge in [0.15, 0.2) is 0 Å². The van der Waals surface area contributed by atoms with E-state index in [0.29, 0.717) is 19.3 Å². The first-order valence-corrected chi connectivity index (χ1v) is 5.75. The summed E-state index contributed by atoms with van der Waals surface area (Å²) in [6.07, 6.45) is 1.43. The Bertz CT molecular complexity index is 432. The highest BCUT2D eigenvalue weighted by atomic mass is 16.5. The maximum absolute atomic E-state index is 11.0. The zero-order valence-corrected chi connectivity index (χ0v) is 9.85. The summed E-state index contributed by atoms with van der Waals surface area (Å²) >= 11 is 0. The number of benzene rings is 1. The molecule has 1 fully saturated rings. The van der Waals surface area contributed by atoms with Gasteiger partial charge in [-0.3, -0.25) is 4.79 Å². The molecule has 2 atom stereocenters. The third-order valence-electron chi connectivity index (χ3n) is 3.22. The fraction of sp³-hybridized carbons (Fsp3) is 0.462. The van der Waals surface area contributed by atoms with Crippen molar-refractivity contribution in [2.24, 2.45) is 5.73 Å². The van der Waals surface area contributed by atoms with Crippen molar-refractivity contribution >= 4 is 5.97 Å². The molecular weight excluding hydrogens is 218 g/mol. The average Bonchev–Trinajstić information content (AvgIpc) is 2.61. The van der Waals surface area contributed by atoms with E-state index in [4.69, 9.17) is 15.6 Å². The van der Waals surface area contributed by atoms with Crippen LogP contribution in [0.25, 0.3) is 0 Å². The van der Waals surface area contributed by atoms with E-state index in [-0.39, 0.29) is 6.10 Å². The van der Waals surface area contributed by atoms with E-state index in [1.165, 1.54) is 0 Å². The van der Waals surface area contributed by atoms with E-state index in [2.05, 4.69) is 0 Å². The normalized spacial score (nSPS) is 28.0. The maximum atomic E-state index is 11.0. The zero-order chi connectivity index (χ0) is 12.5. The summed E-state index contributed by atoms with van der Waals surface area (Å²) in [5, 5.41) is 9.02. The fourth-order valence-corrected chi connectivity index (χ4v) is 2.20. The Morgan fingerprint density at radius 3 is 2.94 bits per heavy atom. The summed E-state index contributed by atoms with van der Waals surface area (Å²) < 4.78 is 5.76. The smallest absolute Gasteiger partial charge is 0.323 e. The Hall–Kier alpha value is -1.55. The molecule has 0 radical (unpaired) electrons. The highest BCUT2D eigenvalue weighted by molar-refractivity contribution is 5.79. The summed E-state index contributed by atoms with van der Waals surface area (Å²) in [6, 6.07) is 7.74. The van der Waals surface area contributed by atoms with Crippen LogP contribution in [-0.2, 0) is 4.79 Å². The van der Waals surface area contributed by atoms with Gasteiger partial charge in [0.25, 0.3) is 0 Å². The Kier molecular flexibility index (Phi) is 3.07. The van der Waals surface area contributed by atoms with Gasteiger partial charge in [-0.25, -0.2) is 0 Å². The Balaban J connectivity index is 2.01. The Labute approximate surface area is 100 Å². The second-order valence-electron chi connectivity index (χ2n) is 4.76. The molecule has 1 aromatic rings. The molecule has 0 bridgehead atoms. The second kappa shape index (κ2) is 4.37. The van der Waals surface area contributed by atoms with Gasteiger partial charge in [0.1, 0.15) is 17.4 Å². The SMILES string of the molecule is Cc1cccc(OC2CCC(N)(C(=O)O)C2)c1. The number of ether oxygens (including phenoxy) is 1. The molecule has 0 spiro atoms. The molecule has 2 rings (SSSR count). The number of carbonyl (C=O) groups is 1. The van der Waals surface area contributed by atoms with Gasteiger partial charge in [-0.05, 0) is 37.5 Å². The van der Waals surface area contributed by atoms with Crippen molar-refractivity contribution in [3.8, 4) is 5.75 Å². The van der Waals surface area contributed by atoms with Crippen LogP contribution in [0.15, 0.2) is 24.3 Å². The van der Waals surface area contributed by atoms with Gasteiger partial charge in [-0.15, -0.1) is 0 Å². The van der Waals surface area contributed by atoms with Crippen molar-refractivity contribution in [3.05, 3.63) is 29.8 Å². The number of carboxylic acids is 1. The Morgan fingerprint density at radius 1 is 1.59 bits per heavy atom. The molecule has 0 amide bonds. The van der Waals surface area contributed by atoms with Crippen molar-refractivity contribution < 1.29 is 14.6 Å². The first kappa shape index (κ1) is 11.9. The second-order valence-corrected chi connectivity index (χ2v) is 4.76. The molecular formula is C13H17NO3. The molecule has 4 nitrogen and oxygen atoms in total. The molecule has 0 saturated heterocycles. The summed E-state index contributed by atoms with van der Waals surface area (Å²) in [7, 11) is 0. The van der Waals surface area contributed by atoms with E-state index in [0.717, 1.165) is 11.3 Å². The third kappa shape index (κ3) is 2.58. The highest BCUT2D eigenvalue weighted by Gasteiger charge is 2.43. The summed E-state index contributed by atoms with van der Waals surface area (Å²) in [6.45, 7) is 1.99. The van der Waals surface area contributed by atoms with Crippen molar-refractivity contribution in [1.29, 1.82) is 0 Å². The van der Waals surface area contributed by atoms with Crippen LogP contribution in [0.4, 0.5) is 0 Å². The zero-order valence-electron chi connectivity index (χ0n) is 9.85. The fourth-order valence-electron chi connectivity index (χ4n) is 2.20. The minimum Gasteiger partial charge on any atom is -0.490 e. The minimum atomic E-state index is -1.12. The first-order valence-electron chi connectivity index (χ1n) is 5.75. The number of carboxylic acid groups (broad SMARTS) is 1. The lowest BCUT2D eigenvalue weighted by molar-refractivity contribution is -0.143. The molecule has 0 aliphatic heterocycles. The lowest BCUT2D eigenvalue weighted by Gasteiger charge is -2.18. The lowest BCUT2D eigenvalue weighted by atomic mass is 10.00. The molecule has 0 aromatic heterocycles. The lowest BCUT2D eigenvalue weighted by Crippen LogP contribution is -2.46. The largest absolute Gasteiger partial charge is 0.490 e. The van der Waals surface area contributed by atoms with Gasteiger partial charge in [-0.2, -0.15) is 0 Å². The van der Waals surface area contributed by atoms with Gasteiger partial charge in [0, 0.05) is 6.42 Å². The molecule has 0 heterocycles. The summed E-state index contributed by atoms with van der Waals surface area (Å²) in [5.41, 5.74) is 5.80. The van der Waals surface area contributed by atoms with Crippen LogP contribution < -0.4 is 10.5 Å². The minimum absolute atomic E-state index is 0.0992. The van der Waals surface area contributed by atoms with Crippen LogP contribution in [0.2, 0.25) is 0 Å². The molecule has 17 heavy (non-hydrogen) atoms. The summed E-state index contributed by atoms with van der Waals surface area (Å²) in [4.78, 5) is 11.0. The van der Waals surface area contributed by atoms with E-state index in [1.807, 2.05) is 31.2 Å². The van der Waals surface area contributed by atoms with Crippen molar-refractivity contribution in [1.82, 2.24) is 0 Å². The van der Waals surface area contributed by atoms with Crippen LogP contribution in [0.1, 0.15) is 24.8 Å². The Morgan fingerprint density at radius 2 is 2.35 bits per heavy atom. The predicted octanol–water partition coefficient (Wildman–Crippen LogP) is 1.71. The number of rotatable bonds is 3. The van der Waals surface area contributed by atoms with Crippen LogP contribution >= 0.6 is 0 Å². The van der Waals surface area contributed by atoms with Crippen LogP contribution in [0.3, 0.4) is 0 Å². The van der Waals surface area contributed by atoms with Crippen molar-refractivity contribution in [2.75, 3.05) is 0 Å². The number of hydrogen-bond acceptors (Lipinski definition) is 3. The van der Waals surface area contributed by atoms with Gasteiger partial charge in [0.2, 0.25) is 0 Å². The molecule has 92 valence electrons. The number of aliphatic carboxylic acids is 1. The van der Waals surface area contributed by atoms with Crippen molar-refractivity contribution in [3.63, 3.8) is 0 Å². The third-order valence-corrected chi connectivity index (χ3v) is 3.22. The van der Waals surface area contributed by atoms with Crippen LogP contribution in [0, 0.1) is 6.92 Å². The molecule has 1 aliphatic rings. The molecule has 1 saturated carbocycles. The summed E-state index contributed by atoms with van der Waals surface area (Å²) in [5.74, 6) is -0.155. The van der Waals surface area contributed by atoms with Gasteiger partial charge >= 0.3 is 5.97 Å². The topological polar surface area (TPSA) is 72.5 Å². The maximum Gasteiger partial charge on any atom is 0.323 e. The standard InChI is InChI=1S/C13H17NO3/c1-9-3-2-4-10(7-9)17-11-5-6-13(14,8-11)12(15)16/h2-4,7,11H,5-6,8,14H2,1H3,(H,15,16). The molecule has 4 heteroatoms. The molecule has 1 aliphatic carbocycles. The monoisotopic (exact) mass is 235 g/mol. The number of aryl methyl sites for hydroxylation is 1. The van der Waals surface area contributed by atoms with E-state index in [9.17, 15) is 4.79 Å². The highest BCUT2D eigenvalue weighted by Crippen LogP contribution is 2.31. The van der Waals surface area contributed by atoms with E-state index < -0.39 is 11.5 Å². The number of nitrogens with two attached hydrogens (primary N) is 1. The predicted molar refractivity (Wildman–Crippen MR) is 64.0 cm³/mol. The van der Waals surface area contributed by atoms with Crippen molar-refractivity contribution in [2.45, 2.75) is 37.8 Å². The number of hydrogen-bond donors (Lipinski definition) is 2. The molecule has 3 N–H and O–H groups in total. The van der Waals surface area contributed by atoms with E-state index in [1.54, 1.807) is 0 Å².